The van der Waals surface area contributed by atoms with Gasteiger partial charge in [-0.25, -0.2) is 4.39 Å². The van der Waals surface area contributed by atoms with Gasteiger partial charge in [0.2, 0.25) is 0 Å². The lowest BCUT2D eigenvalue weighted by atomic mass is 9.91. The van der Waals surface area contributed by atoms with Gasteiger partial charge in [-0.2, -0.15) is 0 Å². The summed E-state index contributed by atoms with van der Waals surface area (Å²) in [6.45, 7) is 1.86. The summed E-state index contributed by atoms with van der Waals surface area (Å²) in [6, 6.07) is 4.89. The molecule has 0 amide bonds. The van der Waals surface area contributed by atoms with Gasteiger partial charge in [-0.1, -0.05) is 17.7 Å². The Hall–Kier alpha value is -0.600. The Kier molecular flexibility index (Phi) is 3.04. The van der Waals surface area contributed by atoms with Crippen LogP contribution in [0.25, 0.3) is 0 Å². The summed E-state index contributed by atoms with van der Waals surface area (Å²) >= 11 is 6.00. The molecule has 1 aromatic rings. The maximum atomic E-state index is 13.5. The molecule has 0 saturated carbocycles. The fraction of sp³-hybridized carbons (Fsp3) is 0.455. The van der Waals surface area contributed by atoms with Gasteiger partial charge in [0.1, 0.15) is 5.82 Å². The number of hydrogen-bond donors (Lipinski definition) is 1. The topological polar surface area (TPSA) is 12.0 Å². The highest BCUT2D eigenvalue weighted by Gasteiger charge is 2.20. The second-order valence-electron chi connectivity index (χ2n) is 3.68. The van der Waals surface area contributed by atoms with Crippen LogP contribution >= 0.6 is 11.6 Å². The average molecular weight is 214 g/mol. The monoisotopic (exact) mass is 213 g/mol. The lowest BCUT2D eigenvalue weighted by Crippen LogP contribution is -2.29. The zero-order valence-electron chi connectivity index (χ0n) is 7.89. The predicted octanol–water partition coefficient (Wildman–Crippen LogP) is 2.95. The van der Waals surface area contributed by atoms with Gasteiger partial charge in [0.05, 0.1) is 0 Å². The second-order valence-corrected chi connectivity index (χ2v) is 4.09. The molecule has 0 aromatic heterocycles. The van der Waals surface area contributed by atoms with Crippen molar-refractivity contribution in [2.45, 2.75) is 18.8 Å². The summed E-state index contributed by atoms with van der Waals surface area (Å²) in [6.07, 6.45) is 2.11. The summed E-state index contributed by atoms with van der Waals surface area (Å²) < 4.78 is 13.5. The molecule has 2 rings (SSSR count). The van der Waals surface area contributed by atoms with Crippen LogP contribution in [0.4, 0.5) is 4.39 Å². The lowest BCUT2D eigenvalue weighted by molar-refractivity contribution is 0.446. The van der Waals surface area contributed by atoms with Gasteiger partial charge < -0.3 is 5.32 Å². The minimum atomic E-state index is -0.175. The van der Waals surface area contributed by atoms with Gasteiger partial charge in [0, 0.05) is 23.0 Å². The summed E-state index contributed by atoms with van der Waals surface area (Å²) in [5.74, 6) is 0.0589. The molecule has 1 fully saturated rings. The van der Waals surface area contributed by atoms with Gasteiger partial charge in [-0.05, 0) is 31.5 Å². The van der Waals surface area contributed by atoms with Crippen molar-refractivity contribution in [2.75, 3.05) is 13.1 Å². The van der Waals surface area contributed by atoms with E-state index in [1.54, 1.807) is 12.1 Å². The van der Waals surface area contributed by atoms with Crippen LogP contribution in [-0.4, -0.2) is 13.1 Å². The number of halogens is 2. The molecular formula is C11H13ClFN. The molecule has 0 bridgehead atoms. The third-order valence-corrected chi connectivity index (χ3v) is 3.03. The maximum absolute atomic E-state index is 13.5. The molecule has 14 heavy (non-hydrogen) atoms. The van der Waals surface area contributed by atoms with Crippen LogP contribution in [0.3, 0.4) is 0 Å². The molecule has 1 N–H and O–H groups in total. The number of nitrogens with one attached hydrogen (secondary N) is 1. The van der Waals surface area contributed by atoms with E-state index < -0.39 is 0 Å². The standard InChI is InChI=1S/C11H13ClFN/c12-9-4-1-5-10(13)11(9)8-3-2-6-14-7-8/h1,4-5,8,14H,2-3,6-7H2/t8-/m0/s1. The molecule has 0 unspecified atom stereocenters. The molecule has 76 valence electrons. The molecule has 3 heteroatoms. The van der Waals surface area contributed by atoms with Gasteiger partial charge in [0.15, 0.2) is 0 Å². The van der Waals surface area contributed by atoms with E-state index in [0.717, 1.165) is 25.9 Å². The fourth-order valence-electron chi connectivity index (χ4n) is 2.00. The molecule has 0 spiro atoms. The molecule has 1 aliphatic heterocycles. The van der Waals surface area contributed by atoms with Crippen LogP contribution in [0.1, 0.15) is 24.3 Å². The van der Waals surface area contributed by atoms with E-state index in [1.807, 2.05) is 0 Å². The highest BCUT2D eigenvalue weighted by molar-refractivity contribution is 6.31. The third kappa shape index (κ3) is 1.91. The van der Waals surface area contributed by atoms with E-state index in [4.69, 9.17) is 11.6 Å². The summed E-state index contributed by atoms with van der Waals surface area (Å²) in [5, 5.41) is 3.82. The Morgan fingerprint density at radius 2 is 2.29 bits per heavy atom. The zero-order chi connectivity index (χ0) is 9.97. The number of rotatable bonds is 1. The zero-order valence-corrected chi connectivity index (χ0v) is 8.65. The first-order chi connectivity index (χ1) is 6.79. The highest BCUT2D eigenvalue weighted by Crippen LogP contribution is 2.31. The Labute approximate surface area is 88.3 Å². The molecule has 0 radical (unpaired) electrons. The summed E-state index contributed by atoms with van der Waals surface area (Å²) in [4.78, 5) is 0. The number of hydrogen-bond acceptors (Lipinski definition) is 1. The van der Waals surface area contributed by atoms with E-state index in [1.165, 1.54) is 6.07 Å². The van der Waals surface area contributed by atoms with Gasteiger partial charge in [0.25, 0.3) is 0 Å². The predicted molar refractivity (Wildman–Crippen MR) is 56.3 cm³/mol. The van der Waals surface area contributed by atoms with Gasteiger partial charge >= 0.3 is 0 Å². The Morgan fingerprint density at radius 1 is 1.43 bits per heavy atom. The van der Waals surface area contributed by atoms with Crippen molar-refractivity contribution in [1.82, 2.24) is 5.32 Å². The fourth-order valence-corrected chi connectivity index (χ4v) is 2.32. The first kappa shape index (κ1) is 9.94. The second kappa shape index (κ2) is 4.28. The van der Waals surface area contributed by atoms with Crippen molar-refractivity contribution in [3.8, 4) is 0 Å². The summed E-state index contributed by atoms with van der Waals surface area (Å²) in [5.41, 5.74) is 0.682. The lowest BCUT2D eigenvalue weighted by Gasteiger charge is -2.24. The largest absolute Gasteiger partial charge is 0.316 e. The van der Waals surface area contributed by atoms with Crippen LogP contribution in [0.2, 0.25) is 5.02 Å². The molecule has 1 nitrogen and oxygen atoms in total. The quantitative estimate of drug-likeness (QED) is 0.757. The minimum absolute atomic E-state index is 0.175. The minimum Gasteiger partial charge on any atom is -0.316 e. The van der Waals surface area contributed by atoms with Crippen molar-refractivity contribution in [2.24, 2.45) is 0 Å². The Bertz CT molecular complexity index is 301. The molecule has 1 atom stereocenters. The van der Waals surface area contributed by atoms with E-state index in [2.05, 4.69) is 5.32 Å². The average Bonchev–Trinajstić information content (AvgIpc) is 2.19. The van der Waals surface area contributed by atoms with Crippen LogP contribution in [0.5, 0.6) is 0 Å². The van der Waals surface area contributed by atoms with E-state index in [0.29, 0.717) is 10.6 Å². The molecule has 1 aliphatic rings. The van der Waals surface area contributed by atoms with Crippen molar-refractivity contribution in [3.63, 3.8) is 0 Å². The Balaban J connectivity index is 2.29. The number of benzene rings is 1. The van der Waals surface area contributed by atoms with Crippen LogP contribution < -0.4 is 5.32 Å². The van der Waals surface area contributed by atoms with Crippen LogP contribution in [-0.2, 0) is 0 Å². The van der Waals surface area contributed by atoms with Crippen molar-refractivity contribution in [1.29, 1.82) is 0 Å². The van der Waals surface area contributed by atoms with E-state index >= 15 is 0 Å². The highest BCUT2D eigenvalue weighted by atomic mass is 35.5. The normalized spacial score (nSPS) is 22.3. The maximum Gasteiger partial charge on any atom is 0.128 e. The summed E-state index contributed by atoms with van der Waals surface area (Å²) in [7, 11) is 0. The third-order valence-electron chi connectivity index (χ3n) is 2.70. The van der Waals surface area contributed by atoms with Crippen LogP contribution in [0.15, 0.2) is 18.2 Å². The molecule has 1 heterocycles. The van der Waals surface area contributed by atoms with Crippen molar-refractivity contribution < 1.29 is 4.39 Å². The van der Waals surface area contributed by atoms with E-state index in [9.17, 15) is 4.39 Å². The van der Waals surface area contributed by atoms with Crippen molar-refractivity contribution >= 4 is 11.6 Å². The van der Waals surface area contributed by atoms with E-state index in [-0.39, 0.29) is 11.7 Å². The number of piperidine rings is 1. The molecule has 1 aromatic carbocycles. The molecule has 0 aliphatic carbocycles. The SMILES string of the molecule is Fc1cccc(Cl)c1[C@H]1CCCNC1. The van der Waals surface area contributed by atoms with Gasteiger partial charge in [-0.3, -0.25) is 0 Å². The first-order valence-electron chi connectivity index (χ1n) is 4.93. The van der Waals surface area contributed by atoms with Gasteiger partial charge in [-0.15, -0.1) is 0 Å². The van der Waals surface area contributed by atoms with Crippen LogP contribution in [0, 0.1) is 5.82 Å². The molecule has 1 saturated heterocycles. The Morgan fingerprint density at radius 3 is 2.93 bits per heavy atom. The smallest absolute Gasteiger partial charge is 0.128 e. The molecular weight excluding hydrogens is 201 g/mol. The van der Waals surface area contributed by atoms with Crippen molar-refractivity contribution in [3.05, 3.63) is 34.6 Å². The first-order valence-corrected chi connectivity index (χ1v) is 5.31.